The Kier molecular flexibility index (Phi) is 6.70. The molecule has 0 rings (SSSR count). The number of hydrogen-bond acceptors (Lipinski definition) is 3. The highest BCUT2D eigenvalue weighted by Crippen LogP contribution is 2.02. The van der Waals surface area contributed by atoms with Crippen LogP contribution >= 0.6 is 0 Å². The highest BCUT2D eigenvalue weighted by molar-refractivity contribution is 5.84. The van der Waals surface area contributed by atoms with Crippen molar-refractivity contribution < 1.29 is 9.59 Å². The van der Waals surface area contributed by atoms with Gasteiger partial charge in [-0.05, 0) is 13.3 Å². The third-order valence-electron chi connectivity index (χ3n) is 2.18. The maximum absolute atomic E-state index is 11.6. The molecule has 2 amide bonds. The zero-order chi connectivity index (χ0) is 11.8. The van der Waals surface area contributed by atoms with E-state index in [0.29, 0.717) is 6.54 Å². The van der Waals surface area contributed by atoms with Crippen LogP contribution in [0, 0.1) is 0 Å². The fraction of sp³-hybridized carbons (Fsp3) is 0.800. The number of likely N-dealkylation sites (N-methyl/N-ethyl adjacent to an activating group) is 1. The first-order chi connectivity index (χ1) is 7.01. The smallest absolute Gasteiger partial charge is 0.237 e. The van der Waals surface area contributed by atoms with Gasteiger partial charge in [0.05, 0.1) is 6.54 Å². The maximum Gasteiger partial charge on any atom is 0.237 e. The lowest BCUT2D eigenvalue weighted by Gasteiger charge is -2.20. The van der Waals surface area contributed by atoms with E-state index >= 15 is 0 Å². The van der Waals surface area contributed by atoms with Gasteiger partial charge >= 0.3 is 0 Å². The molecular weight excluding hydrogens is 194 g/mol. The lowest BCUT2D eigenvalue weighted by atomic mass is 10.1. The Balaban J connectivity index is 4.09. The van der Waals surface area contributed by atoms with Crippen molar-refractivity contribution in [3.8, 4) is 0 Å². The normalized spacial score (nSPS) is 12.2. The largest absolute Gasteiger partial charge is 0.368 e. The van der Waals surface area contributed by atoms with E-state index in [0.717, 1.165) is 12.8 Å². The zero-order valence-electron chi connectivity index (χ0n) is 9.53. The second-order valence-corrected chi connectivity index (χ2v) is 3.63. The molecule has 0 aliphatic carbocycles. The predicted octanol–water partition coefficient (Wildman–Crippen LogP) is -0.162. The second-order valence-electron chi connectivity index (χ2n) is 3.63. The summed E-state index contributed by atoms with van der Waals surface area (Å²) in [5.41, 5.74) is 10.8. The molecule has 0 fully saturated rings. The average Bonchev–Trinajstić information content (AvgIpc) is 2.13. The van der Waals surface area contributed by atoms with E-state index in [1.165, 1.54) is 4.90 Å². The van der Waals surface area contributed by atoms with Crippen LogP contribution in [0.4, 0.5) is 0 Å². The summed E-state index contributed by atoms with van der Waals surface area (Å²) < 4.78 is 0. The molecule has 0 bridgehead atoms. The number of carbonyl (C=O) groups excluding carboxylic acids is 2. The van der Waals surface area contributed by atoms with Gasteiger partial charge in [0.25, 0.3) is 0 Å². The van der Waals surface area contributed by atoms with E-state index in [2.05, 4.69) is 0 Å². The molecule has 0 aliphatic heterocycles. The van der Waals surface area contributed by atoms with Gasteiger partial charge in [-0.2, -0.15) is 0 Å². The van der Waals surface area contributed by atoms with Gasteiger partial charge in [-0.1, -0.05) is 13.3 Å². The topological polar surface area (TPSA) is 89.4 Å². The Hall–Kier alpha value is -1.10. The maximum atomic E-state index is 11.6. The van der Waals surface area contributed by atoms with Crippen LogP contribution in [0.5, 0.6) is 0 Å². The van der Waals surface area contributed by atoms with Crippen LogP contribution in [-0.2, 0) is 9.59 Å². The van der Waals surface area contributed by atoms with Gasteiger partial charge in [0.1, 0.15) is 0 Å². The van der Waals surface area contributed by atoms with E-state index in [9.17, 15) is 9.59 Å². The molecule has 4 N–H and O–H groups in total. The van der Waals surface area contributed by atoms with Crippen LogP contribution in [-0.4, -0.2) is 35.8 Å². The molecule has 0 spiro atoms. The summed E-state index contributed by atoms with van der Waals surface area (Å²) in [4.78, 5) is 23.7. The van der Waals surface area contributed by atoms with Crippen LogP contribution in [0.15, 0.2) is 0 Å². The lowest BCUT2D eigenvalue weighted by Crippen LogP contribution is -2.40. The number of amides is 2. The minimum absolute atomic E-state index is 0.0197. The van der Waals surface area contributed by atoms with Crippen LogP contribution < -0.4 is 11.5 Å². The molecule has 0 saturated heterocycles. The van der Waals surface area contributed by atoms with Gasteiger partial charge in [0, 0.05) is 19.0 Å². The fourth-order valence-corrected chi connectivity index (χ4v) is 1.39. The SMILES string of the molecule is CCCC(N)CC(=O)N(CC)CC(N)=O. The highest BCUT2D eigenvalue weighted by atomic mass is 16.2. The molecule has 0 aromatic carbocycles. The van der Waals surface area contributed by atoms with E-state index in [4.69, 9.17) is 11.5 Å². The molecule has 5 heteroatoms. The van der Waals surface area contributed by atoms with Gasteiger partial charge in [0.2, 0.25) is 11.8 Å². The number of nitrogens with zero attached hydrogens (tertiary/aromatic N) is 1. The Morgan fingerprint density at radius 3 is 2.33 bits per heavy atom. The average molecular weight is 215 g/mol. The standard InChI is InChI=1S/C10H21N3O2/c1-3-5-8(11)6-10(15)13(4-2)7-9(12)14/h8H,3-7,11H2,1-2H3,(H2,12,14). The quantitative estimate of drug-likeness (QED) is 0.618. The van der Waals surface area contributed by atoms with E-state index < -0.39 is 5.91 Å². The highest BCUT2D eigenvalue weighted by Gasteiger charge is 2.16. The van der Waals surface area contributed by atoms with Crippen molar-refractivity contribution in [1.82, 2.24) is 4.90 Å². The molecular formula is C10H21N3O2. The van der Waals surface area contributed by atoms with E-state index in [-0.39, 0.29) is 24.9 Å². The number of primary amides is 1. The Bertz CT molecular complexity index is 219. The molecule has 15 heavy (non-hydrogen) atoms. The van der Waals surface area contributed by atoms with Gasteiger partial charge < -0.3 is 16.4 Å². The molecule has 0 saturated carbocycles. The van der Waals surface area contributed by atoms with Crippen LogP contribution in [0.25, 0.3) is 0 Å². The summed E-state index contributed by atoms with van der Waals surface area (Å²) in [5.74, 6) is -0.591. The summed E-state index contributed by atoms with van der Waals surface area (Å²) in [6, 6.07) is -0.121. The van der Waals surface area contributed by atoms with Gasteiger partial charge in [-0.15, -0.1) is 0 Å². The fourth-order valence-electron chi connectivity index (χ4n) is 1.39. The van der Waals surface area contributed by atoms with Crippen LogP contribution in [0.3, 0.4) is 0 Å². The summed E-state index contributed by atoms with van der Waals surface area (Å²) in [7, 11) is 0. The molecule has 5 nitrogen and oxygen atoms in total. The number of rotatable bonds is 7. The Labute approximate surface area is 90.8 Å². The number of hydrogen-bond donors (Lipinski definition) is 2. The minimum Gasteiger partial charge on any atom is -0.368 e. The molecule has 1 unspecified atom stereocenters. The van der Waals surface area contributed by atoms with Crippen molar-refractivity contribution in [1.29, 1.82) is 0 Å². The van der Waals surface area contributed by atoms with Gasteiger partial charge in [0.15, 0.2) is 0 Å². The number of carbonyl (C=O) groups is 2. The van der Waals surface area contributed by atoms with E-state index in [1.54, 1.807) is 0 Å². The second kappa shape index (κ2) is 7.23. The summed E-state index contributed by atoms with van der Waals surface area (Å²) in [6.45, 7) is 4.30. The van der Waals surface area contributed by atoms with Crippen molar-refractivity contribution in [2.24, 2.45) is 11.5 Å². The summed E-state index contributed by atoms with van der Waals surface area (Å²) in [5, 5.41) is 0. The van der Waals surface area contributed by atoms with Crippen molar-refractivity contribution >= 4 is 11.8 Å². The first-order valence-electron chi connectivity index (χ1n) is 5.32. The molecule has 0 aromatic rings. The minimum atomic E-state index is -0.491. The third kappa shape index (κ3) is 6.06. The monoisotopic (exact) mass is 215 g/mol. The van der Waals surface area contributed by atoms with Crippen LogP contribution in [0.2, 0.25) is 0 Å². The molecule has 88 valence electrons. The molecule has 0 heterocycles. The lowest BCUT2D eigenvalue weighted by molar-refractivity contribution is -0.135. The first kappa shape index (κ1) is 13.9. The van der Waals surface area contributed by atoms with E-state index in [1.807, 2.05) is 13.8 Å². The zero-order valence-corrected chi connectivity index (χ0v) is 9.53. The molecule has 0 aliphatic rings. The van der Waals surface area contributed by atoms with Gasteiger partial charge in [-0.25, -0.2) is 0 Å². The predicted molar refractivity (Wildman–Crippen MR) is 58.9 cm³/mol. The van der Waals surface area contributed by atoms with Gasteiger partial charge in [-0.3, -0.25) is 9.59 Å². The van der Waals surface area contributed by atoms with Crippen molar-refractivity contribution in [2.75, 3.05) is 13.1 Å². The number of nitrogens with two attached hydrogens (primary N) is 2. The third-order valence-corrected chi connectivity index (χ3v) is 2.18. The molecule has 1 atom stereocenters. The van der Waals surface area contributed by atoms with Crippen molar-refractivity contribution in [2.45, 2.75) is 39.2 Å². The molecule has 0 aromatic heterocycles. The summed E-state index contributed by atoms with van der Waals surface area (Å²) in [6.07, 6.45) is 2.06. The Morgan fingerprint density at radius 2 is 1.93 bits per heavy atom. The van der Waals surface area contributed by atoms with Crippen molar-refractivity contribution in [3.05, 3.63) is 0 Å². The summed E-state index contributed by atoms with van der Waals surface area (Å²) >= 11 is 0. The van der Waals surface area contributed by atoms with Crippen LogP contribution in [0.1, 0.15) is 33.1 Å². The first-order valence-corrected chi connectivity index (χ1v) is 5.32. The van der Waals surface area contributed by atoms with Crippen molar-refractivity contribution in [3.63, 3.8) is 0 Å². The molecule has 0 radical (unpaired) electrons. The Morgan fingerprint density at radius 1 is 1.33 bits per heavy atom.